The average molecular weight is 193 g/mol. The van der Waals surface area contributed by atoms with E-state index in [2.05, 4.69) is 24.4 Å². The van der Waals surface area contributed by atoms with Gasteiger partial charge >= 0.3 is 0 Å². The van der Waals surface area contributed by atoms with Crippen LogP contribution in [-0.2, 0) is 6.42 Å². The molecular formula is C12H19NO. The maximum atomic E-state index is 5.29. The molecule has 0 amide bonds. The molecule has 0 aliphatic carbocycles. The Labute approximate surface area is 86.3 Å². The Kier molecular flexibility index (Phi) is 4.47. The van der Waals surface area contributed by atoms with Crippen molar-refractivity contribution in [3.63, 3.8) is 0 Å². The molecule has 14 heavy (non-hydrogen) atoms. The van der Waals surface area contributed by atoms with Gasteiger partial charge in [-0.2, -0.15) is 0 Å². The van der Waals surface area contributed by atoms with Gasteiger partial charge in [-0.25, -0.2) is 0 Å². The van der Waals surface area contributed by atoms with Crippen LogP contribution >= 0.6 is 0 Å². The van der Waals surface area contributed by atoms with Gasteiger partial charge in [-0.15, -0.1) is 0 Å². The van der Waals surface area contributed by atoms with E-state index in [1.54, 1.807) is 7.11 Å². The topological polar surface area (TPSA) is 21.3 Å². The van der Waals surface area contributed by atoms with Gasteiger partial charge in [0.2, 0.25) is 0 Å². The normalized spacial score (nSPS) is 12.5. The van der Waals surface area contributed by atoms with Gasteiger partial charge < -0.3 is 10.1 Å². The van der Waals surface area contributed by atoms with Crippen LogP contribution in [0.2, 0.25) is 0 Å². The van der Waals surface area contributed by atoms with E-state index in [-0.39, 0.29) is 0 Å². The van der Waals surface area contributed by atoms with Gasteiger partial charge in [0.25, 0.3) is 0 Å². The second kappa shape index (κ2) is 5.66. The third kappa shape index (κ3) is 3.04. The fourth-order valence-electron chi connectivity index (χ4n) is 1.43. The van der Waals surface area contributed by atoms with Crippen LogP contribution in [-0.4, -0.2) is 20.2 Å². The molecule has 78 valence electrons. The Morgan fingerprint density at radius 3 is 2.71 bits per heavy atom. The van der Waals surface area contributed by atoms with E-state index < -0.39 is 0 Å². The SMILES string of the molecule is CN[C@H](C)CCc1ccccc1OC. The van der Waals surface area contributed by atoms with Gasteiger partial charge in [0.1, 0.15) is 5.75 Å². The molecule has 1 aromatic carbocycles. The Bertz CT molecular complexity index is 273. The third-order valence-corrected chi connectivity index (χ3v) is 2.53. The molecule has 0 heterocycles. The lowest BCUT2D eigenvalue weighted by atomic mass is 10.1. The molecule has 1 N–H and O–H groups in total. The molecule has 2 nitrogen and oxygen atoms in total. The molecule has 0 saturated heterocycles. The standard InChI is InChI=1S/C12H19NO/c1-10(13-2)8-9-11-6-4-5-7-12(11)14-3/h4-7,10,13H,8-9H2,1-3H3/t10-/m1/s1. The number of aryl methyl sites for hydroxylation is 1. The number of hydrogen-bond acceptors (Lipinski definition) is 2. The quantitative estimate of drug-likeness (QED) is 0.774. The Balaban J connectivity index is 2.57. The highest BCUT2D eigenvalue weighted by molar-refractivity contribution is 5.33. The van der Waals surface area contributed by atoms with Crippen molar-refractivity contribution in [2.24, 2.45) is 0 Å². The fraction of sp³-hybridized carbons (Fsp3) is 0.500. The van der Waals surface area contributed by atoms with Gasteiger partial charge in [-0.3, -0.25) is 0 Å². The van der Waals surface area contributed by atoms with Crippen LogP contribution in [0.4, 0.5) is 0 Å². The first-order valence-corrected chi connectivity index (χ1v) is 5.07. The van der Waals surface area contributed by atoms with E-state index in [4.69, 9.17) is 4.74 Å². The summed E-state index contributed by atoms with van der Waals surface area (Å²) in [4.78, 5) is 0. The van der Waals surface area contributed by atoms with Gasteiger partial charge in [-0.1, -0.05) is 18.2 Å². The van der Waals surface area contributed by atoms with E-state index in [0.29, 0.717) is 6.04 Å². The predicted octanol–water partition coefficient (Wildman–Crippen LogP) is 2.24. The first-order chi connectivity index (χ1) is 6.77. The highest BCUT2D eigenvalue weighted by atomic mass is 16.5. The van der Waals surface area contributed by atoms with E-state index >= 15 is 0 Å². The molecule has 0 spiro atoms. The molecule has 0 radical (unpaired) electrons. The molecule has 0 saturated carbocycles. The molecule has 1 aromatic rings. The Hall–Kier alpha value is -1.02. The van der Waals surface area contributed by atoms with Gasteiger partial charge in [0, 0.05) is 6.04 Å². The van der Waals surface area contributed by atoms with Crippen molar-refractivity contribution in [1.82, 2.24) is 5.32 Å². The fourth-order valence-corrected chi connectivity index (χ4v) is 1.43. The summed E-state index contributed by atoms with van der Waals surface area (Å²) in [6.45, 7) is 2.19. The largest absolute Gasteiger partial charge is 0.496 e. The summed E-state index contributed by atoms with van der Waals surface area (Å²) in [7, 11) is 3.72. The zero-order valence-electron chi connectivity index (χ0n) is 9.21. The minimum Gasteiger partial charge on any atom is -0.496 e. The van der Waals surface area contributed by atoms with E-state index in [9.17, 15) is 0 Å². The summed E-state index contributed by atoms with van der Waals surface area (Å²) < 4.78 is 5.29. The third-order valence-electron chi connectivity index (χ3n) is 2.53. The highest BCUT2D eigenvalue weighted by Crippen LogP contribution is 2.19. The number of methoxy groups -OCH3 is 1. The van der Waals surface area contributed by atoms with Crippen LogP contribution in [0.25, 0.3) is 0 Å². The first-order valence-electron chi connectivity index (χ1n) is 5.07. The van der Waals surface area contributed by atoms with Crippen LogP contribution in [0.3, 0.4) is 0 Å². The maximum absolute atomic E-state index is 5.29. The van der Waals surface area contributed by atoms with Crippen molar-refractivity contribution in [2.75, 3.05) is 14.2 Å². The van der Waals surface area contributed by atoms with Crippen molar-refractivity contribution in [3.05, 3.63) is 29.8 Å². The molecule has 1 atom stereocenters. The minimum atomic E-state index is 0.555. The number of rotatable bonds is 5. The zero-order chi connectivity index (χ0) is 10.4. The molecule has 0 aliphatic rings. The summed E-state index contributed by atoms with van der Waals surface area (Å²) in [5.41, 5.74) is 1.29. The van der Waals surface area contributed by atoms with Crippen molar-refractivity contribution >= 4 is 0 Å². The second-order valence-electron chi connectivity index (χ2n) is 3.54. The molecule has 0 aromatic heterocycles. The molecule has 1 rings (SSSR count). The number of ether oxygens (including phenoxy) is 1. The number of benzene rings is 1. The minimum absolute atomic E-state index is 0.555. The molecule has 0 unspecified atom stereocenters. The van der Waals surface area contributed by atoms with Crippen LogP contribution in [0, 0.1) is 0 Å². The highest BCUT2D eigenvalue weighted by Gasteiger charge is 2.03. The van der Waals surface area contributed by atoms with E-state index in [0.717, 1.165) is 18.6 Å². The van der Waals surface area contributed by atoms with Crippen molar-refractivity contribution in [3.8, 4) is 5.75 Å². The summed E-state index contributed by atoms with van der Waals surface area (Å²) in [5, 5.41) is 3.23. The van der Waals surface area contributed by atoms with E-state index in [1.807, 2.05) is 19.2 Å². The summed E-state index contributed by atoms with van der Waals surface area (Å²) >= 11 is 0. The average Bonchev–Trinajstić information content (AvgIpc) is 2.26. The predicted molar refractivity (Wildman–Crippen MR) is 59.8 cm³/mol. The smallest absolute Gasteiger partial charge is 0.122 e. The monoisotopic (exact) mass is 193 g/mol. The summed E-state index contributed by atoms with van der Waals surface area (Å²) in [5.74, 6) is 0.996. The van der Waals surface area contributed by atoms with Gasteiger partial charge in [-0.05, 0) is 38.4 Å². The number of para-hydroxylation sites is 1. The van der Waals surface area contributed by atoms with E-state index in [1.165, 1.54) is 5.56 Å². The van der Waals surface area contributed by atoms with Gasteiger partial charge in [0.15, 0.2) is 0 Å². The van der Waals surface area contributed by atoms with Crippen LogP contribution < -0.4 is 10.1 Å². The second-order valence-corrected chi connectivity index (χ2v) is 3.54. The zero-order valence-corrected chi connectivity index (χ0v) is 9.21. The summed E-state index contributed by atoms with van der Waals surface area (Å²) in [6.07, 6.45) is 2.20. The van der Waals surface area contributed by atoms with Crippen LogP contribution in [0.1, 0.15) is 18.9 Å². The van der Waals surface area contributed by atoms with Crippen LogP contribution in [0.15, 0.2) is 24.3 Å². The lowest BCUT2D eigenvalue weighted by Gasteiger charge is -2.11. The van der Waals surface area contributed by atoms with Crippen molar-refractivity contribution in [1.29, 1.82) is 0 Å². The summed E-state index contributed by atoms with van der Waals surface area (Å²) in [6, 6.07) is 8.76. The first kappa shape index (κ1) is 11.1. The van der Waals surface area contributed by atoms with Crippen molar-refractivity contribution < 1.29 is 4.74 Å². The molecule has 0 aliphatic heterocycles. The molecule has 2 heteroatoms. The molecular weight excluding hydrogens is 174 g/mol. The number of nitrogens with one attached hydrogen (secondary N) is 1. The van der Waals surface area contributed by atoms with Crippen molar-refractivity contribution in [2.45, 2.75) is 25.8 Å². The number of hydrogen-bond donors (Lipinski definition) is 1. The molecule has 0 bridgehead atoms. The Morgan fingerprint density at radius 2 is 2.07 bits per heavy atom. The lowest BCUT2D eigenvalue weighted by Crippen LogP contribution is -2.21. The van der Waals surface area contributed by atoms with Gasteiger partial charge in [0.05, 0.1) is 7.11 Å². The molecule has 0 fully saturated rings. The Morgan fingerprint density at radius 1 is 1.36 bits per heavy atom. The lowest BCUT2D eigenvalue weighted by molar-refractivity contribution is 0.408. The maximum Gasteiger partial charge on any atom is 0.122 e. The van der Waals surface area contributed by atoms with Crippen LogP contribution in [0.5, 0.6) is 5.75 Å².